The molecule has 2 aromatic rings. The van der Waals surface area contributed by atoms with E-state index in [1.54, 1.807) is 6.07 Å². The van der Waals surface area contributed by atoms with E-state index in [1.807, 2.05) is 0 Å². The van der Waals surface area contributed by atoms with Crippen LogP contribution in [0.25, 0.3) is 0 Å². The number of nitrogens with one attached hydrogen (secondary N) is 2. The number of sulfonamides is 1. The number of hydrogen-bond donors (Lipinski definition) is 2. The molecule has 0 saturated carbocycles. The Balaban J connectivity index is 1.59. The van der Waals surface area contributed by atoms with Crippen molar-refractivity contribution >= 4 is 21.6 Å². The third-order valence-electron chi connectivity index (χ3n) is 5.18. The largest absolute Gasteiger partial charge is 0.352 e. The van der Waals surface area contributed by atoms with Gasteiger partial charge in [0.15, 0.2) is 0 Å². The van der Waals surface area contributed by atoms with Crippen molar-refractivity contribution in [2.45, 2.75) is 24.2 Å². The summed E-state index contributed by atoms with van der Waals surface area (Å²) in [5.74, 6) is -0.137. The van der Waals surface area contributed by atoms with Gasteiger partial charge in [-0.05, 0) is 87.8 Å². The average Bonchev–Trinajstić information content (AvgIpc) is 2.71. The molecule has 0 bridgehead atoms. The molecule has 2 aromatic carbocycles. The van der Waals surface area contributed by atoms with Crippen LogP contribution in [0.5, 0.6) is 0 Å². The quantitative estimate of drug-likeness (QED) is 0.723. The van der Waals surface area contributed by atoms with E-state index in [9.17, 15) is 17.6 Å². The molecule has 2 N–H and O–H groups in total. The molecule has 0 aromatic heterocycles. The number of likely N-dealkylation sites (tertiary alicyclic amines) is 1. The van der Waals surface area contributed by atoms with Crippen LogP contribution in [0, 0.1) is 11.7 Å². The van der Waals surface area contributed by atoms with E-state index in [2.05, 4.69) is 22.0 Å². The minimum absolute atomic E-state index is 0.0233. The molecule has 1 heterocycles. The highest BCUT2D eigenvalue weighted by atomic mass is 32.2. The Morgan fingerprint density at radius 2 is 1.83 bits per heavy atom. The van der Waals surface area contributed by atoms with Crippen molar-refractivity contribution in [3.05, 3.63) is 59.9 Å². The molecule has 0 aliphatic carbocycles. The monoisotopic (exact) mass is 419 g/mol. The van der Waals surface area contributed by atoms with Crippen LogP contribution < -0.4 is 10.0 Å². The minimum Gasteiger partial charge on any atom is -0.352 e. The maximum Gasteiger partial charge on any atom is 0.261 e. The summed E-state index contributed by atoms with van der Waals surface area (Å²) in [7, 11) is -1.77. The summed E-state index contributed by atoms with van der Waals surface area (Å²) < 4.78 is 40.5. The van der Waals surface area contributed by atoms with Gasteiger partial charge in [0.25, 0.3) is 15.9 Å². The van der Waals surface area contributed by atoms with Gasteiger partial charge in [-0.25, -0.2) is 12.8 Å². The molecule has 8 heteroatoms. The number of benzene rings is 2. The summed E-state index contributed by atoms with van der Waals surface area (Å²) >= 11 is 0. The van der Waals surface area contributed by atoms with Crippen molar-refractivity contribution < 1.29 is 17.6 Å². The van der Waals surface area contributed by atoms with E-state index in [0.29, 0.717) is 12.5 Å². The molecule has 1 aliphatic heterocycles. The number of carbonyl (C=O) groups is 1. The van der Waals surface area contributed by atoms with Gasteiger partial charge < -0.3 is 10.2 Å². The van der Waals surface area contributed by atoms with E-state index in [4.69, 9.17) is 0 Å². The van der Waals surface area contributed by atoms with Gasteiger partial charge in [-0.1, -0.05) is 6.07 Å². The second-order valence-corrected chi connectivity index (χ2v) is 9.11. The van der Waals surface area contributed by atoms with Crippen LogP contribution in [0.2, 0.25) is 0 Å². The molecule has 0 radical (unpaired) electrons. The highest BCUT2D eigenvalue weighted by Gasteiger charge is 2.18. The van der Waals surface area contributed by atoms with Gasteiger partial charge in [0, 0.05) is 17.8 Å². The highest BCUT2D eigenvalue weighted by molar-refractivity contribution is 7.92. The number of nitrogens with zero attached hydrogens (tertiary/aromatic N) is 1. The maximum absolute atomic E-state index is 13.0. The molecular weight excluding hydrogens is 393 g/mol. The molecule has 29 heavy (non-hydrogen) atoms. The van der Waals surface area contributed by atoms with Crippen molar-refractivity contribution in [2.24, 2.45) is 5.92 Å². The van der Waals surface area contributed by atoms with E-state index in [-0.39, 0.29) is 22.1 Å². The van der Waals surface area contributed by atoms with E-state index in [0.717, 1.165) is 32.4 Å². The first-order valence-corrected chi connectivity index (χ1v) is 11.2. The predicted octanol–water partition coefficient (Wildman–Crippen LogP) is 3.09. The van der Waals surface area contributed by atoms with Gasteiger partial charge in [-0.3, -0.25) is 9.52 Å². The van der Waals surface area contributed by atoms with E-state index in [1.165, 1.54) is 42.5 Å². The van der Waals surface area contributed by atoms with Gasteiger partial charge in [0.2, 0.25) is 0 Å². The maximum atomic E-state index is 13.0. The topological polar surface area (TPSA) is 78.5 Å². The Kier molecular flexibility index (Phi) is 6.87. The zero-order valence-electron chi connectivity index (χ0n) is 16.4. The van der Waals surface area contributed by atoms with Crippen LogP contribution >= 0.6 is 0 Å². The van der Waals surface area contributed by atoms with Gasteiger partial charge in [0.1, 0.15) is 5.82 Å². The van der Waals surface area contributed by atoms with Crippen molar-refractivity contribution in [3.63, 3.8) is 0 Å². The average molecular weight is 420 g/mol. The molecule has 0 unspecified atom stereocenters. The summed E-state index contributed by atoms with van der Waals surface area (Å²) in [4.78, 5) is 14.7. The Labute approximate surface area is 171 Å². The molecule has 0 spiro atoms. The molecule has 156 valence electrons. The van der Waals surface area contributed by atoms with Gasteiger partial charge in [0.05, 0.1) is 4.90 Å². The van der Waals surface area contributed by atoms with Crippen LogP contribution in [0.4, 0.5) is 10.1 Å². The third-order valence-corrected chi connectivity index (χ3v) is 6.56. The van der Waals surface area contributed by atoms with Gasteiger partial charge in [-0.15, -0.1) is 0 Å². The Bertz CT molecular complexity index is 940. The van der Waals surface area contributed by atoms with E-state index < -0.39 is 15.8 Å². The molecule has 0 atom stereocenters. The molecular formula is C21H26FN3O3S. The smallest absolute Gasteiger partial charge is 0.261 e. The van der Waals surface area contributed by atoms with Crippen molar-refractivity contribution in [1.29, 1.82) is 0 Å². The lowest BCUT2D eigenvalue weighted by Gasteiger charge is -2.28. The fourth-order valence-electron chi connectivity index (χ4n) is 3.38. The zero-order valence-corrected chi connectivity index (χ0v) is 17.2. The normalized spacial score (nSPS) is 15.8. The van der Waals surface area contributed by atoms with Crippen LogP contribution in [-0.4, -0.2) is 45.9 Å². The Hall–Kier alpha value is -2.45. The lowest BCUT2D eigenvalue weighted by Crippen LogP contribution is -2.32. The number of hydrogen-bond acceptors (Lipinski definition) is 4. The summed E-state index contributed by atoms with van der Waals surface area (Å²) in [5, 5.41) is 2.88. The number of piperidine rings is 1. The van der Waals surface area contributed by atoms with Gasteiger partial charge in [-0.2, -0.15) is 0 Å². The SMILES string of the molecule is CN1CCC(CCNC(=O)c2cccc(S(=O)(=O)Nc3ccc(F)cc3)c2)CC1. The number of carbonyl (C=O) groups excluding carboxylic acids is 1. The number of halogens is 1. The first-order chi connectivity index (χ1) is 13.8. The van der Waals surface area contributed by atoms with E-state index >= 15 is 0 Å². The third kappa shape index (κ3) is 6.01. The first-order valence-electron chi connectivity index (χ1n) is 9.69. The highest BCUT2D eigenvalue weighted by Crippen LogP contribution is 2.20. The summed E-state index contributed by atoms with van der Waals surface area (Å²) in [5.41, 5.74) is 0.537. The van der Waals surface area contributed by atoms with Crippen molar-refractivity contribution in [2.75, 3.05) is 31.4 Å². The van der Waals surface area contributed by atoms with Crippen molar-refractivity contribution in [1.82, 2.24) is 10.2 Å². The zero-order chi connectivity index (χ0) is 20.9. The number of rotatable bonds is 7. The molecule has 1 saturated heterocycles. The van der Waals surface area contributed by atoms with Crippen LogP contribution in [-0.2, 0) is 10.0 Å². The molecule has 1 amide bonds. The molecule has 1 fully saturated rings. The fraction of sp³-hybridized carbons (Fsp3) is 0.381. The van der Waals surface area contributed by atoms with Crippen LogP contribution in [0.15, 0.2) is 53.4 Å². The van der Waals surface area contributed by atoms with Gasteiger partial charge >= 0.3 is 0 Å². The fourth-order valence-corrected chi connectivity index (χ4v) is 4.48. The minimum atomic E-state index is -3.88. The Morgan fingerprint density at radius 1 is 1.14 bits per heavy atom. The standard InChI is InChI=1S/C21H26FN3O3S/c1-25-13-10-16(11-14-25)9-12-23-21(26)17-3-2-4-20(15-17)29(27,28)24-19-7-5-18(22)6-8-19/h2-8,15-16,24H,9-14H2,1H3,(H,23,26). The van der Waals surface area contributed by atoms with Crippen molar-refractivity contribution in [3.8, 4) is 0 Å². The molecule has 6 nitrogen and oxygen atoms in total. The lowest BCUT2D eigenvalue weighted by atomic mass is 9.94. The predicted molar refractivity (Wildman–Crippen MR) is 111 cm³/mol. The van der Waals surface area contributed by atoms with Crippen LogP contribution in [0.3, 0.4) is 0 Å². The second-order valence-electron chi connectivity index (χ2n) is 7.43. The number of amides is 1. The summed E-state index contributed by atoms with van der Waals surface area (Å²) in [6, 6.07) is 10.9. The summed E-state index contributed by atoms with van der Waals surface area (Å²) in [6.07, 6.45) is 3.19. The molecule has 1 aliphatic rings. The second kappa shape index (κ2) is 9.37. The summed E-state index contributed by atoms with van der Waals surface area (Å²) in [6.45, 7) is 2.73. The van der Waals surface area contributed by atoms with Crippen LogP contribution in [0.1, 0.15) is 29.6 Å². The molecule has 3 rings (SSSR count). The number of anilines is 1. The lowest BCUT2D eigenvalue weighted by molar-refractivity contribution is 0.0948. The Morgan fingerprint density at radius 3 is 2.52 bits per heavy atom. The first kappa shape index (κ1) is 21.3.